The summed E-state index contributed by atoms with van der Waals surface area (Å²) in [7, 11) is 0. The number of halogens is 1. The van der Waals surface area contributed by atoms with E-state index in [1.807, 2.05) is 0 Å². The zero-order valence-electron chi connectivity index (χ0n) is 18.8. The molecule has 0 radical (unpaired) electrons. The molecule has 1 aliphatic rings. The van der Waals surface area contributed by atoms with Gasteiger partial charge in [-0.05, 0) is 44.2 Å². The lowest BCUT2D eigenvalue weighted by molar-refractivity contribution is -0.142. The number of esters is 1. The molecule has 0 aromatic heterocycles. The van der Waals surface area contributed by atoms with Crippen molar-refractivity contribution in [3.8, 4) is 0 Å². The average molecular weight is 493 g/mol. The summed E-state index contributed by atoms with van der Waals surface area (Å²) >= 11 is 3.33. The van der Waals surface area contributed by atoms with E-state index in [9.17, 15) is 9.59 Å². The number of rotatable bonds is 17. The first-order chi connectivity index (χ1) is 15.1. The Balaban J connectivity index is 1.39. The molecule has 1 aromatic carbocycles. The van der Waals surface area contributed by atoms with Gasteiger partial charge in [0.15, 0.2) is 12.4 Å². The van der Waals surface area contributed by atoms with Crippen LogP contribution in [0.25, 0.3) is 0 Å². The monoisotopic (exact) mass is 492 g/mol. The van der Waals surface area contributed by atoms with Crippen LogP contribution in [0, 0.1) is 0 Å². The van der Waals surface area contributed by atoms with Crippen LogP contribution in [0.5, 0.6) is 0 Å². The molecule has 0 aliphatic carbocycles. The van der Waals surface area contributed by atoms with Crippen LogP contribution in [0.2, 0.25) is 0 Å². The topological polar surface area (TPSA) is 55.9 Å². The number of hydrogen-bond donors (Lipinski definition) is 0. The van der Waals surface area contributed by atoms with Crippen molar-refractivity contribution in [2.45, 2.75) is 96.2 Å². The van der Waals surface area contributed by atoms with Gasteiger partial charge in [0.05, 0.1) is 12.2 Å². The van der Waals surface area contributed by atoms with E-state index in [4.69, 9.17) is 9.47 Å². The number of allylic oxidation sites excluding steroid dienone is 1. The van der Waals surface area contributed by atoms with Gasteiger partial charge in [0.25, 0.3) is 0 Å². The third kappa shape index (κ3) is 11.6. The molecule has 2 unspecified atom stereocenters. The summed E-state index contributed by atoms with van der Waals surface area (Å²) in [6, 6.07) is 7.05. The molecule has 2 rings (SSSR count). The zero-order chi connectivity index (χ0) is 22.3. The van der Waals surface area contributed by atoms with Crippen molar-refractivity contribution in [1.82, 2.24) is 0 Å². The molecule has 31 heavy (non-hydrogen) atoms. The van der Waals surface area contributed by atoms with Crippen LogP contribution in [0.4, 0.5) is 0 Å². The molecule has 0 amide bonds. The van der Waals surface area contributed by atoms with Crippen LogP contribution in [-0.4, -0.2) is 30.6 Å². The SMILES string of the molecule is CCCCC/C=C\CC1OC1CCCCCCCC(=O)OCC(=O)c1ccc(Br)cc1. The second-order valence-corrected chi connectivity index (χ2v) is 9.23. The van der Waals surface area contributed by atoms with Crippen molar-refractivity contribution in [3.05, 3.63) is 46.5 Å². The molecule has 0 N–H and O–H groups in total. The maximum atomic E-state index is 12.0. The second-order valence-electron chi connectivity index (χ2n) is 8.31. The van der Waals surface area contributed by atoms with E-state index in [0.717, 1.165) is 36.6 Å². The van der Waals surface area contributed by atoms with Gasteiger partial charge in [-0.2, -0.15) is 0 Å². The quantitative estimate of drug-likeness (QED) is 0.0757. The number of benzene rings is 1. The molecule has 172 valence electrons. The molecule has 2 atom stereocenters. The summed E-state index contributed by atoms with van der Waals surface area (Å²) in [5, 5.41) is 0. The van der Waals surface area contributed by atoms with Crippen molar-refractivity contribution in [2.75, 3.05) is 6.61 Å². The Kier molecular flexibility index (Phi) is 12.8. The van der Waals surface area contributed by atoms with Crippen molar-refractivity contribution in [3.63, 3.8) is 0 Å². The molecular formula is C26H37BrO4. The van der Waals surface area contributed by atoms with E-state index in [2.05, 4.69) is 35.0 Å². The van der Waals surface area contributed by atoms with Crippen LogP contribution in [0.1, 0.15) is 94.3 Å². The summed E-state index contributed by atoms with van der Waals surface area (Å²) in [6.07, 6.45) is 18.5. The minimum Gasteiger partial charge on any atom is -0.457 e. The molecule has 1 fully saturated rings. The lowest BCUT2D eigenvalue weighted by atomic mass is 10.1. The zero-order valence-corrected chi connectivity index (χ0v) is 20.4. The largest absolute Gasteiger partial charge is 0.457 e. The third-order valence-corrected chi connectivity index (χ3v) is 6.13. The van der Waals surface area contributed by atoms with Crippen molar-refractivity contribution >= 4 is 27.7 Å². The smallest absolute Gasteiger partial charge is 0.306 e. The van der Waals surface area contributed by atoms with Gasteiger partial charge >= 0.3 is 5.97 Å². The number of epoxide rings is 1. The van der Waals surface area contributed by atoms with Crippen molar-refractivity contribution < 1.29 is 19.1 Å². The molecule has 1 heterocycles. The standard InChI is InChI=1S/C26H37BrO4/c1-2-3-4-5-7-10-13-24-25(31-24)14-11-8-6-9-12-15-26(29)30-20-23(28)21-16-18-22(27)19-17-21/h7,10,16-19,24-25H,2-6,8-9,11-15,20H2,1H3/b10-7-. The second kappa shape index (κ2) is 15.4. The van der Waals surface area contributed by atoms with E-state index < -0.39 is 0 Å². The van der Waals surface area contributed by atoms with Crippen LogP contribution in [-0.2, 0) is 14.3 Å². The number of hydrogen-bond acceptors (Lipinski definition) is 4. The highest BCUT2D eigenvalue weighted by Crippen LogP contribution is 2.30. The van der Waals surface area contributed by atoms with E-state index in [1.165, 1.54) is 38.5 Å². The van der Waals surface area contributed by atoms with E-state index in [0.29, 0.717) is 24.2 Å². The van der Waals surface area contributed by atoms with Gasteiger partial charge in [-0.1, -0.05) is 85.7 Å². The fourth-order valence-electron chi connectivity index (χ4n) is 3.58. The fourth-order valence-corrected chi connectivity index (χ4v) is 3.85. The Labute approximate surface area is 195 Å². The number of carbonyl (C=O) groups is 2. The highest BCUT2D eigenvalue weighted by Gasteiger charge is 2.36. The molecular weight excluding hydrogens is 456 g/mol. The lowest BCUT2D eigenvalue weighted by Crippen LogP contribution is -2.13. The minimum atomic E-state index is -0.289. The maximum absolute atomic E-state index is 12.0. The molecule has 1 aromatic rings. The summed E-state index contributed by atoms with van der Waals surface area (Å²) < 4.78 is 11.8. The van der Waals surface area contributed by atoms with Gasteiger partial charge in [-0.25, -0.2) is 0 Å². The summed E-state index contributed by atoms with van der Waals surface area (Å²) in [4.78, 5) is 23.8. The van der Waals surface area contributed by atoms with Crippen molar-refractivity contribution in [2.24, 2.45) is 0 Å². The Morgan fingerprint density at radius 1 is 0.968 bits per heavy atom. The van der Waals surface area contributed by atoms with E-state index in [1.54, 1.807) is 24.3 Å². The van der Waals surface area contributed by atoms with Crippen LogP contribution < -0.4 is 0 Å². The van der Waals surface area contributed by atoms with Gasteiger partial charge in [0.1, 0.15) is 0 Å². The number of ketones is 1. The predicted octanol–water partition coefficient (Wildman–Crippen LogP) is 7.20. The van der Waals surface area contributed by atoms with Crippen LogP contribution in [0.15, 0.2) is 40.9 Å². The average Bonchev–Trinajstić information content (AvgIpc) is 3.52. The highest BCUT2D eigenvalue weighted by molar-refractivity contribution is 9.10. The van der Waals surface area contributed by atoms with Gasteiger partial charge in [-0.3, -0.25) is 9.59 Å². The van der Waals surface area contributed by atoms with Gasteiger partial charge < -0.3 is 9.47 Å². The number of Topliss-reactive ketones (excluding diaryl/α,β-unsaturated/α-hetero) is 1. The molecule has 0 bridgehead atoms. The van der Waals surface area contributed by atoms with Crippen LogP contribution >= 0.6 is 15.9 Å². The molecule has 5 heteroatoms. The van der Waals surface area contributed by atoms with Gasteiger partial charge in [0.2, 0.25) is 0 Å². The summed E-state index contributed by atoms with van der Waals surface area (Å²) in [6.45, 7) is 2.05. The first kappa shape index (κ1) is 25.8. The van der Waals surface area contributed by atoms with Gasteiger partial charge in [0, 0.05) is 16.5 Å². The first-order valence-corrected chi connectivity index (χ1v) is 12.6. The Hall–Kier alpha value is -1.46. The number of unbranched alkanes of at least 4 members (excludes halogenated alkanes) is 7. The highest BCUT2D eigenvalue weighted by atomic mass is 79.9. The molecule has 0 spiro atoms. The van der Waals surface area contributed by atoms with E-state index in [-0.39, 0.29) is 18.4 Å². The molecule has 1 saturated heterocycles. The Morgan fingerprint density at radius 2 is 1.71 bits per heavy atom. The normalized spacial score (nSPS) is 17.7. The fraction of sp³-hybridized carbons (Fsp3) is 0.615. The number of ether oxygens (including phenoxy) is 2. The number of carbonyl (C=O) groups excluding carboxylic acids is 2. The molecule has 0 saturated carbocycles. The summed E-state index contributed by atoms with van der Waals surface area (Å²) in [5.74, 6) is -0.462. The third-order valence-electron chi connectivity index (χ3n) is 5.60. The summed E-state index contributed by atoms with van der Waals surface area (Å²) in [5.41, 5.74) is 0.556. The minimum absolute atomic E-state index is 0.173. The molecule has 4 nitrogen and oxygen atoms in total. The van der Waals surface area contributed by atoms with E-state index >= 15 is 0 Å². The maximum Gasteiger partial charge on any atom is 0.306 e. The van der Waals surface area contributed by atoms with Crippen molar-refractivity contribution in [1.29, 1.82) is 0 Å². The Bertz CT molecular complexity index is 683. The predicted molar refractivity (Wildman–Crippen MR) is 128 cm³/mol. The first-order valence-electron chi connectivity index (χ1n) is 11.8. The lowest BCUT2D eigenvalue weighted by Gasteiger charge is -2.05. The molecule has 1 aliphatic heterocycles. The van der Waals surface area contributed by atoms with Gasteiger partial charge in [-0.15, -0.1) is 0 Å². The Morgan fingerprint density at radius 3 is 2.48 bits per heavy atom. The van der Waals surface area contributed by atoms with Crippen LogP contribution in [0.3, 0.4) is 0 Å².